The molecule has 0 fully saturated rings. The molecule has 0 aliphatic rings. The molecule has 2 amide bonds. The van der Waals surface area contributed by atoms with Crippen molar-refractivity contribution in [2.45, 2.75) is 57.1 Å². The highest BCUT2D eigenvalue weighted by Gasteiger charge is 2.36. The van der Waals surface area contributed by atoms with Gasteiger partial charge in [0.15, 0.2) is 0 Å². The zero-order valence-corrected chi connectivity index (χ0v) is 29.9. The number of amides is 2. The van der Waals surface area contributed by atoms with E-state index in [0.717, 1.165) is 15.4 Å². The monoisotopic (exact) mass is 733 g/mol. The lowest BCUT2D eigenvalue weighted by Crippen LogP contribution is -2.54. The van der Waals surface area contributed by atoms with Gasteiger partial charge in [0, 0.05) is 39.6 Å². The molecule has 47 heavy (non-hydrogen) atoms. The Morgan fingerprint density at radius 1 is 0.830 bits per heavy atom. The van der Waals surface area contributed by atoms with Crippen LogP contribution in [0.4, 0.5) is 5.69 Å². The summed E-state index contributed by atoms with van der Waals surface area (Å²) in [4.78, 5) is 29.9. The number of hydrogen-bond acceptors (Lipinski definition) is 4. The first kappa shape index (κ1) is 36.6. The molecule has 0 radical (unpaired) electrons. The summed E-state index contributed by atoms with van der Waals surface area (Å²) in [6.07, 6.45) is 0.795. The van der Waals surface area contributed by atoms with Crippen molar-refractivity contribution in [1.29, 1.82) is 0 Å². The predicted octanol–water partition coefficient (Wildman–Crippen LogP) is 8.36. The average molecular weight is 736 g/mol. The molecule has 0 bridgehead atoms. The van der Waals surface area contributed by atoms with Crippen molar-refractivity contribution in [2.24, 2.45) is 0 Å². The second-order valence-corrected chi connectivity index (χ2v) is 14.7. The second kappa shape index (κ2) is 16.2. The highest BCUT2D eigenvalue weighted by Crippen LogP contribution is 2.34. The van der Waals surface area contributed by atoms with Crippen molar-refractivity contribution in [2.75, 3.05) is 10.8 Å². The van der Waals surface area contributed by atoms with Crippen molar-refractivity contribution < 1.29 is 18.0 Å². The van der Waals surface area contributed by atoms with Gasteiger partial charge in [-0.2, -0.15) is 0 Å². The van der Waals surface area contributed by atoms with E-state index in [1.54, 1.807) is 30.3 Å². The summed E-state index contributed by atoms with van der Waals surface area (Å²) in [6, 6.07) is 23.5. The number of sulfonamides is 1. The molecule has 0 aromatic heterocycles. The molecule has 0 saturated heterocycles. The third-order valence-corrected chi connectivity index (χ3v) is 10.8. The Morgan fingerprint density at radius 2 is 1.47 bits per heavy atom. The van der Waals surface area contributed by atoms with E-state index in [-0.39, 0.29) is 49.7 Å². The topological polar surface area (TPSA) is 86.8 Å². The zero-order chi connectivity index (χ0) is 34.3. The van der Waals surface area contributed by atoms with E-state index in [9.17, 15) is 18.0 Å². The molecule has 1 N–H and O–H groups in total. The number of rotatable bonds is 13. The Hall–Kier alpha value is -3.27. The minimum atomic E-state index is -4.37. The molecule has 4 rings (SSSR count). The summed E-state index contributed by atoms with van der Waals surface area (Å²) in [5.41, 5.74) is 2.06. The van der Waals surface area contributed by atoms with Crippen LogP contribution in [0, 0.1) is 6.92 Å². The predicted molar refractivity (Wildman–Crippen MR) is 191 cm³/mol. The Kier molecular flexibility index (Phi) is 12.6. The van der Waals surface area contributed by atoms with Crippen LogP contribution in [-0.4, -0.2) is 43.8 Å². The first-order valence-corrected chi connectivity index (χ1v) is 17.9. The first-order valence-electron chi connectivity index (χ1n) is 14.9. The molecule has 0 heterocycles. The van der Waals surface area contributed by atoms with Gasteiger partial charge in [-0.3, -0.25) is 13.9 Å². The molecule has 0 spiro atoms. The van der Waals surface area contributed by atoms with Crippen LogP contribution >= 0.6 is 46.4 Å². The van der Waals surface area contributed by atoms with E-state index in [2.05, 4.69) is 5.32 Å². The summed E-state index contributed by atoms with van der Waals surface area (Å²) >= 11 is 26.0. The van der Waals surface area contributed by atoms with Crippen LogP contribution < -0.4 is 9.62 Å². The number of carbonyl (C=O) groups is 2. The fraction of sp³-hybridized carbons (Fsp3) is 0.257. The molecule has 4 aromatic rings. The maximum absolute atomic E-state index is 14.7. The molecule has 2 atom stereocenters. The van der Waals surface area contributed by atoms with Crippen LogP contribution in [0.1, 0.15) is 37.0 Å². The summed E-state index contributed by atoms with van der Waals surface area (Å²) in [5, 5.41) is 3.86. The number of aryl methyl sites for hydroxylation is 1. The maximum Gasteiger partial charge on any atom is 0.264 e. The molecule has 0 aliphatic heterocycles. The SMILES string of the molecule is CC[C@@H](C)NC(=O)[C@@H](Cc1ccccc1)N(Cc1c(Cl)cccc1Cl)C(=O)CN(c1cc(Cl)ccc1Cl)S(=O)(=O)c1ccc(C)cc1. The quantitative estimate of drug-likeness (QED) is 0.150. The van der Waals surface area contributed by atoms with Crippen molar-refractivity contribution in [3.63, 3.8) is 0 Å². The minimum Gasteiger partial charge on any atom is -0.352 e. The summed E-state index contributed by atoms with van der Waals surface area (Å²) in [7, 11) is -4.37. The maximum atomic E-state index is 14.7. The summed E-state index contributed by atoms with van der Waals surface area (Å²) < 4.78 is 29.4. The van der Waals surface area contributed by atoms with Gasteiger partial charge in [-0.1, -0.05) is 107 Å². The van der Waals surface area contributed by atoms with Crippen LogP contribution in [0.3, 0.4) is 0 Å². The largest absolute Gasteiger partial charge is 0.352 e. The number of nitrogens with zero attached hydrogens (tertiary/aromatic N) is 2. The van der Waals surface area contributed by atoms with Crippen LogP contribution in [-0.2, 0) is 32.6 Å². The summed E-state index contributed by atoms with van der Waals surface area (Å²) in [6.45, 7) is 4.75. The molecule has 248 valence electrons. The number of halogens is 4. The molecule has 0 unspecified atom stereocenters. The van der Waals surface area contributed by atoms with Gasteiger partial charge >= 0.3 is 0 Å². The van der Waals surface area contributed by atoms with Gasteiger partial charge in [-0.05, 0) is 68.3 Å². The van der Waals surface area contributed by atoms with E-state index in [0.29, 0.717) is 12.0 Å². The number of nitrogens with one attached hydrogen (secondary N) is 1. The van der Waals surface area contributed by atoms with Crippen LogP contribution in [0.2, 0.25) is 20.1 Å². The lowest BCUT2D eigenvalue weighted by molar-refractivity contribution is -0.140. The standard InChI is InChI=1S/C35H35Cl4N3O4S/c1-4-24(3)40-35(44)33(19-25-9-6-5-7-10-25)41(21-28-29(37)11-8-12-30(28)38)34(43)22-42(32-20-26(36)15-18-31(32)39)47(45,46)27-16-13-23(2)14-17-27/h5-18,20,24,33H,4,19,21-22H2,1-3H3,(H,40,44)/t24-,33-/m1/s1. The minimum absolute atomic E-state index is 0.00693. The summed E-state index contributed by atoms with van der Waals surface area (Å²) in [5.74, 6) is -1.10. The van der Waals surface area contributed by atoms with E-state index >= 15 is 0 Å². The van der Waals surface area contributed by atoms with E-state index in [1.807, 2.05) is 51.1 Å². The first-order chi connectivity index (χ1) is 22.3. The normalized spacial score (nSPS) is 12.7. The molecule has 12 heteroatoms. The highest BCUT2D eigenvalue weighted by molar-refractivity contribution is 7.92. The Balaban J connectivity index is 1.87. The second-order valence-electron chi connectivity index (χ2n) is 11.2. The Morgan fingerprint density at radius 3 is 2.09 bits per heavy atom. The van der Waals surface area contributed by atoms with Crippen LogP contribution in [0.25, 0.3) is 0 Å². The molecular formula is C35H35Cl4N3O4S. The van der Waals surface area contributed by atoms with Crippen molar-refractivity contribution in [3.8, 4) is 0 Å². The molecule has 0 aliphatic carbocycles. The zero-order valence-electron chi connectivity index (χ0n) is 26.1. The van der Waals surface area contributed by atoms with E-state index in [4.69, 9.17) is 46.4 Å². The van der Waals surface area contributed by atoms with Crippen molar-refractivity contribution in [3.05, 3.63) is 128 Å². The van der Waals surface area contributed by atoms with Gasteiger partial charge in [-0.25, -0.2) is 8.42 Å². The third-order valence-electron chi connectivity index (χ3n) is 7.73. The highest BCUT2D eigenvalue weighted by atomic mass is 35.5. The van der Waals surface area contributed by atoms with Crippen LogP contribution in [0.15, 0.2) is 95.9 Å². The van der Waals surface area contributed by atoms with Crippen molar-refractivity contribution in [1.82, 2.24) is 10.2 Å². The fourth-order valence-corrected chi connectivity index (χ4v) is 7.25. The average Bonchev–Trinajstić information content (AvgIpc) is 3.04. The number of anilines is 1. The van der Waals surface area contributed by atoms with Crippen molar-refractivity contribution >= 4 is 73.9 Å². The lowest BCUT2D eigenvalue weighted by atomic mass is 10.0. The fourth-order valence-electron chi connectivity index (χ4n) is 4.88. The van der Waals surface area contributed by atoms with Gasteiger partial charge in [0.05, 0.1) is 15.6 Å². The molecule has 7 nitrogen and oxygen atoms in total. The van der Waals surface area contributed by atoms with E-state index in [1.165, 1.54) is 35.2 Å². The number of benzene rings is 4. The van der Waals surface area contributed by atoms with Gasteiger partial charge in [0.1, 0.15) is 12.6 Å². The lowest BCUT2D eigenvalue weighted by Gasteiger charge is -2.35. The van der Waals surface area contributed by atoms with Gasteiger partial charge in [0.25, 0.3) is 10.0 Å². The Labute approximate surface area is 296 Å². The smallest absolute Gasteiger partial charge is 0.264 e. The number of carbonyl (C=O) groups excluding carboxylic acids is 2. The van der Waals surface area contributed by atoms with E-state index < -0.39 is 34.4 Å². The van der Waals surface area contributed by atoms with Gasteiger partial charge in [0.2, 0.25) is 11.8 Å². The molecule has 4 aromatic carbocycles. The van der Waals surface area contributed by atoms with Gasteiger partial charge in [-0.15, -0.1) is 0 Å². The van der Waals surface area contributed by atoms with Crippen LogP contribution in [0.5, 0.6) is 0 Å². The molecule has 0 saturated carbocycles. The number of hydrogen-bond donors (Lipinski definition) is 1. The Bertz CT molecular complexity index is 1800. The van der Waals surface area contributed by atoms with Gasteiger partial charge < -0.3 is 10.2 Å². The molecular weight excluding hydrogens is 700 g/mol. The third kappa shape index (κ3) is 9.21.